The fourth-order valence-electron chi connectivity index (χ4n) is 1.84. The predicted molar refractivity (Wildman–Crippen MR) is 66.1 cm³/mol. The lowest BCUT2D eigenvalue weighted by molar-refractivity contribution is 0.268. The Morgan fingerprint density at radius 2 is 2.14 bits per heavy atom. The van der Waals surface area contributed by atoms with Gasteiger partial charge >= 0.3 is 0 Å². The summed E-state index contributed by atoms with van der Waals surface area (Å²) in [5.41, 5.74) is 0. The summed E-state index contributed by atoms with van der Waals surface area (Å²) in [5, 5.41) is 4.39. The number of hydrogen-bond acceptors (Lipinski definition) is 3. The highest BCUT2D eigenvalue weighted by Crippen LogP contribution is 2.13. The first-order chi connectivity index (χ1) is 6.63. The van der Waals surface area contributed by atoms with Gasteiger partial charge in [-0.05, 0) is 33.1 Å². The molecule has 0 aliphatic carbocycles. The van der Waals surface area contributed by atoms with Crippen molar-refractivity contribution in [3.05, 3.63) is 0 Å². The minimum Gasteiger partial charge on any atom is -0.312 e. The van der Waals surface area contributed by atoms with Gasteiger partial charge in [0.1, 0.15) is 0 Å². The van der Waals surface area contributed by atoms with E-state index in [1.165, 1.54) is 19.5 Å². The summed E-state index contributed by atoms with van der Waals surface area (Å²) in [6.45, 7) is 10.5. The number of nitrogens with one attached hydrogen (secondary N) is 1. The molecule has 0 aromatic rings. The summed E-state index contributed by atoms with van der Waals surface area (Å²) < 4.78 is 0. The fraction of sp³-hybridized carbons (Fsp3) is 1.00. The van der Waals surface area contributed by atoms with Crippen LogP contribution in [0.1, 0.15) is 27.2 Å². The van der Waals surface area contributed by atoms with Crippen molar-refractivity contribution in [3.63, 3.8) is 0 Å². The highest BCUT2D eigenvalue weighted by molar-refractivity contribution is 7.99. The van der Waals surface area contributed by atoms with Crippen molar-refractivity contribution in [2.75, 3.05) is 25.9 Å². The molecule has 1 aliphatic heterocycles. The van der Waals surface area contributed by atoms with Crippen LogP contribution in [0.25, 0.3) is 0 Å². The minimum absolute atomic E-state index is 0.708. The molecule has 0 bridgehead atoms. The summed E-state index contributed by atoms with van der Waals surface area (Å²) in [7, 11) is 0. The van der Waals surface area contributed by atoms with Crippen molar-refractivity contribution < 1.29 is 0 Å². The highest BCUT2D eigenvalue weighted by Gasteiger charge is 2.23. The van der Waals surface area contributed by atoms with Crippen molar-refractivity contribution in [2.24, 2.45) is 0 Å². The van der Waals surface area contributed by atoms with Crippen molar-refractivity contribution in [2.45, 2.75) is 44.5 Å². The largest absolute Gasteiger partial charge is 0.312 e. The number of likely N-dealkylation sites (tertiary alicyclic amines) is 1. The molecule has 1 saturated heterocycles. The summed E-state index contributed by atoms with van der Waals surface area (Å²) in [5.74, 6) is 0. The lowest BCUT2D eigenvalue weighted by Crippen LogP contribution is -2.37. The lowest BCUT2D eigenvalue weighted by Gasteiger charge is -2.21. The Bertz CT molecular complexity index is 161. The van der Waals surface area contributed by atoms with Crippen LogP contribution >= 0.6 is 11.8 Å². The Morgan fingerprint density at radius 3 is 2.64 bits per heavy atom. The Labute approximate surface area is 92.8 Å². The molecule has 0 aromatic carbocycles. The van der Waals surface area contributed by atoms with Gasteiger partial charge in [-0.2, -0.15) is 11.8 Å². The minimum atomic E-state index is 0.708. The van der Waals surface area contributed by atoms with Gasteiger partial charge in [0.2, 0.25) is 0 Å². The first kappa shape index (κ1) is 12.3. The van der Waals surface area contributed by atoms with E-state index < -0.39 is 0 Å². The summed E-state index contributed by atoms with van der Waals surface area (Å²) in [4.78, 5) is 2.56. The molecule has 1 fully saturated rings. The van der Waals surface area contributed by atoms with Gasteiger partial charge in [0, 0.05) is 30.4 Å². The first-order valence-corrected chi connectivity index (χ1v) is 6.92. The molecule has 0 spiro atoms. The van der Waals surface area contributed by atoms with Gasteiger partial charge in [-0.1, -0.05) is 6.92 Å². The van der Waals surface area contributed by atoms with E-state index in [-0.39, 0.29) is 0 Å². The normalized spacial score (nSPS) is 25.9. The molecular formula is C11H24N2S. The van der Waals surface area contributed by atoms with Crippen molar-refractivity contribution >= 4 is 11.8 Å². The zero-order valence-electron chi connectivity index (χ0n) is 9.92. The average molecular weight is 216 g/mol. The Morgan fingerprint density at radius 1 is 1.43 bits per heavy atom. The fourth-order valence-corrected chi connectivity index (χ4v) is 2.10. The quantitative estimate of drug-likeness (QED) is 0.754. The standard InChI is InChI=1S/C11H24N2S/c1-9(2)13-6-5-11(8-13)12-7-10(3)14-4/h9-12H,5-8H2,1-4H3/t10-,11+/m1/s1. The monoisotopic (exact) mass is 216 g/mol. The van der Waals surface area contributed by atoms with E-state index in [4.69, 9.17) is 0 Å². The van der Waals surface area contributed by atoms with E-state index in [1.807, 2.05) is 11.8 Å². The number of thioether (sulfide) groups is 1. The second-order valence-corrected chi connectivity index (χ2v) is 5.80. The van der Waals surface area contributed by atoms with Gasteiger partial charge in [0.25, 0.3) is 0 Å². The number of nitrogens with zero attached hydrogens (tertiary/aromatic N) is 1. The Hall–Kier alpha value is 0.270. The summed E-state index contributed by atoms with van der Waals surface area (Å²) >= 11 is 1.94. The van der Waals surface area contributed by atoms with Crippen LogP contribution in [-0.4, -0.2) is 48.1 Å². The van der Waals surface area contributed by atoms with E-state index in [1.54, 1.807) is 0 Å². The Kier molecular flexibility index (Phi) is 5.28. The zero-order chi connectivity index (χ0) is 10.6. The zero-order valence-corrected chi connectivity index (χ0v) is 10.7. The summed E-state index contributed by atoms with van der Waals surface area (Å²) in [6.07, 6.45) is 3.50. The van der Waals surface area contributed by atoms with Crippen LogP contribution in [0.2, 0.25) is 0 Å². The molecule has 1 aliphatic rings. The SMILES string of the molecule is CS[C@H](C)CN[C@H]1CCN(C(C)C)C1. The molecule has 1 heterocycles. The maximum atomic E-state index is 3.65. The molecule has 0 saturated carbocycles. The molecule has 2 atom stereocenters. The Balaban J connectivity index is 2.16. The van der Waals surface area contributed by atoms with E-state index >= 15 is 0 Å². The van der Waals surface area contributed by atoms with Crippen LogP contribution in [0.3, 0.4) is 0 Å². The van der Waals surface area contributed by atoms with E-state index in [0.29, 0.717) is 6.04 Å². The maximum Gasteiger partial charge on any atom is 0.0207 e. The molecule has 1 N–H and O–H groups in total. The number of rotatable bonds is 5. The molecule has 84 valence electrons. The highest BCUT2D eigenvalue weighted by atomic mass is 32.2. The first-order valence-electron chi connectivity index (χ1n) is 5.63. The molecule has 0 radical (unpaired) electrons. The van der Waals surface area contributed by atoms with Crippen LogP contribution in [-0.2, 0) is 0 Å². The third kappa shape index (κ3) is 3.79. The van der Waals surface area contributed by atoms with E-state index in [0.717, 1.165) is 17.8 Å². The predicted octanol–water partition coefficient (Wildman–Crippen LogP) is 1.81. The van der Waals surface area contributed by atoms with Crippen molar-refractivity contribution in [1.29, 1.82) is 0 Å². The number of hydrogen-bond donors (Lipinski definition) is 1. The van der Waals surface area contributed by atoms with Crippen LogP contribution in [0.5, 0.6) is 0 Å². The van der Waals surface area contributed by atoms with Crippen LogP contribution in [0.4, 0.5) is 0 Å². The van der Waals surface area contributed by atoms with E-state index in [9.17, 15) is 0 Å². The van der Waals surface area contributed by atoms with Gasteiger partial charge in [-0.3, -0.25) is 4.90 Å². The molecule has 0 amide bonds. The summed E-state index contributed by atoms with van der Waals surface area (Å²) in [6, 6.07) is 1.44. The maximum absolute atomic E-state index is 3.65. The third-order valence-electron chi connectivity index (χ3n) is 3.05. The van der Waals surface area contributed by atoms with Crippen molar-refractivity contribution in [3.8, 4) is 0 Å². The van der Waals surface area contributed by atoms with Gasteiger partial charge in [-0.25, -0.2) is 0 Å². The lowest BCUT2D eigenvalue weighted by atomic mass is 10.2. The average Bonchev–Trinajstić information content (AvgIpc) is 2.62. The van der Waals surface area contributed by atoms with Gasteiger partial charge in [-0.15, -0.1) is 0 Å². The smallest absolute Gasteiger partial charge is 0.0207 e. The van der Waals surface area contributed by atoms with Crippen molar-refractivity contribution in [1.82, 2.24) is 10.2 Å². The third-order valence-corrected chi connectivity index (χ3v) is 4.02. The molecule has 0 aromatic heterocycles. The molecule has 0 unspecified atom stereocenters. The van der Waals surface area contributed by atoms with Crippen LogP contribution in [0.15, 0.2) is 0 Å². The second-order valence-electron chi connectivity index (χ2n) is 4.53. The molecule has 2 nitrogen and oxygen atoms in total. The second kappa shape index (κ2) is 5.99. The van der Waals surface area contributed by atoms with Crippen LogP contribution < -0.4 is 5.32 Å². The van der Waals surface area contributed by atoms with E-state index in [2.05, 4.69) is 37.2 Å². The van der Waals surface area contributed by atoms with Crippen LogP contribution in [0, 0.1) is 0 Å². The topological polar surface area (TPSA) is 15.3 Å². The molecule has 3 heteroatoms. The molecule has 14 heavy (non-hydrogen) atoms. The molecular weight excluding hydrogens is 192 g/mol. The van der Waals surface area contributed by atoms with Gasteiger partial charge in [0.15, 0.2) is 0 Å². The van der Waals surface area contributed by atoms with Gasteiger partial charge in [0.05, 0.1) is 0 Å². The van der Waals surface area contributed by atoms with Gasteiger partial charge < -0.3 is 5.32 Å². The molecule has 1 rings (SSSR count).